The number of β-amino-alcohol motifs (C(OH)–C–C–N with tert-alkyl or cyclic N) is 1. The van der Waals surface area contributed by atoms with Gasteiger partial charge in [0, 0.05) is 32.7 Å². The van der Waals surface area contributed by atoms with E-state index in [-0.39, 0.29) is 5.91 Å². The Labute approximate surface area is 164 Å². The fourth-order valence-electron chi connectivity index (χ4n) is 4.21. The molecule has 28 heavy (non-hydrogen) atoms. The molecule has 0 aliphatic carbocycles. The van der Waals surface area contributed by atoms with Crippen LogP contribution in [0.2, 0.25) is 0 Å². The topological polar surface area (TPSA) is 85.4 Å². The van der Waals surface area contributed by atoms with Crippen molar-refractivity contribution in [3.63, 3.8) is 0 Å². The largest absolute Gasteiger partial charge is 0.379 e. The van der Waals surface area contributed by atoms with Crippen LogP contribution in [0.25, 0.3) is 0 Å². The van der Waals surface area contributed by atoms with Crippen molar-refractivity contribution in [3.05, 3.63) is 53.3 Å². The number of rotatable bonds is 5. The van der Waals surface area contributed by atoms with Gasteiger partial charge < -0.3 is 10.0 Å². The normalized spacial score (nSPS) is 22.7. The molecule has 1 N–H and O–H groups in total. The van der Waals surface area contributed by atoms with Gasteiger partial charge in [-0.25, -0.2) is 0 Å². The highest BCUT2D eigenvalue weighted by atomic mass is 16.3. The van der Waals surface area contributed by atoms with Crippen LogP contribution < -0.4 is 0 Å². The summed E-state index contributed by atoms with van der Waals surface area (Å²) in [6.07, 6.45) is 2.09. The molecule has 1 saturated heterocycles. The summed E-state index contributed by atoms with van der Waals surface area (Å²) in [6, 6.07) is 14.0. The number of piperidine rings is 1. The van der Waals surface area contributed by atoms with Crippen LogP contribution in [0, 0.1) is 11.3 Å². The maximum atomic E-state index is 13.0. The van der Waals surface area contributed by atoms with E-state index in [1.54, 1.807) is 11.0 Å². The van der Waals surface area contributed by atoms with Gasteiger partial charge in [0.1, 0.15) is 6.07 Å². The molecule has 0 radical (unpaired) electrons. The second-order valence-corrected chi connectivity index (χ2v) is 7.73. The van der Waals surface area contributed by atoms with Gasteiger partial charge in [0.25, 0.3) is 5.91 Å². The standard InChI is InChI=1S/C21H25N5O2/c22-14-18-13-19-15-24(11-12-26(19)23-18)16-21(28)8-4-9-25(20(21)27)10-7-17-5-2-1-3-6-17/h1-3,5-6,13,28H,4,7-12,15-16H2/t21-/m1/s1. The van der Waals surface area contributed by atoms with Crippen LogP contribution in [-0.2, 0) is 24.3 Å². The van der Waals surface area contributed by atoms with Crippen LogP contribution in [0.5, 0.6) is 0 Å². The first-order valence-corrected chi connectivity index (χ1v) is 9.82. The molecule has 0 bridgehead atoms. The number of likely N-dealkylation sites (tertiary alicyclic amines) is 1. The van der Waals surface area contributed by atoms with Gasteiger partial charge in [-0.15, -0.1) is 0 Å². The highest BCUT2D eigenvalue weighted by Crippen LogP contribution is 2.26. The number of benzene rings is 1. The lowest BCUT2D eigenvalue weighted by Crippen LogP contribution is -2.59. The summed E-state index contributed by atoms with van der Waals surface area (Å²) in [5.74, 6) is -0.161. The average molecular weight is 379 g/mol. The third kappa shape index (κ3) is 3.79. The van der Waals surface area contributed by atoms with Crippen molar-refractivity contribution in [2.45, 2.75) is 38.0 Å². The molecule has 2 aromatic rings. The fourth-order valence-corrected chi connectivity index (χ4v) is 4.21. The van der Waals surface area contributed by atoms with E-state index < -0.39 is 5.60 Å². The van der Waals surface area contributed by atoms with Gasteiger partial charge in [-0.2, -0.15) is 10.4 Å². The number of nitriles is 1. The van der Waals surface area contributed by atoms with Gasteiger partial charge in [0.05, 0.1) is 12.2 Å². The van der Waals surface area contributed by atoms with Crippen LogP contribution in [0.4, 0.5) is 0 Å². The molecule has 0 saturated carbocycles. The van der Waals surface area contributed by atoms with Gasteiger partial charge >= 0.3 is 0 Å². The Kier molecular flexibility index (Phi) is 5.16. The molecule has 1 atom stereocenters. The van der Waals surface area contributed by atoms with Crippen molar-refractivity contribution in [3.8, 4) is 6.07 Å². The molecule has 3 heterocycles. The molecule has 1 fully saturated rings. The molecule has 1 aromatic heterocycles. The number of hydrogen-bond donors (Lipinski definition) is 1. The fraction of sp³-hybridized carbons (Fsp3) is 0.476. The molecule has 146 valence electrons. The number of fused-ring (bicyclic) bond motifs is 1. The van der Waals surface area contributed by atoms with Gasteiger partial charge in [-0.3, -0.25) is 14.4 Å². The predicted molar refractivity (Wildman–Crippen MR) is 103 cm³/mol. The maximum Gasteiger partial charge on any atom is 0.255 e. The van der Waals surface area contributed by atoms with Crippen molar-refractivity contribution in [2.24, 2.45) is 0 Å². The molecule has 2 aliphatic rings. The van der Waals surface area contributed by atoms with Gasteiger partial charge in [-0.1, -0.05) is 30.3 Å². The summed E-state index contributed by atoms with van der Waals surface area (Å²) in [4.78, 5) is 16.9. The SMILES string of the molecule is N#Cc1cc2n(n1)CCN(C[C@]1(O)CCCN(CCc3ccccc3)C1=O)C2. The minimum atomic E-state index is -1.34. The number of nitrogens with zero attached hydrogens (tertiary/aromatic N) is 5. The van der Waals surface area contributed by atoms with Crippen molar-refractivity contribution in [2.75, 3.05) is 26.2 Å². The van der Waals surface area contributed by atoms with Gasteiger partial charge in [-0.05, 0) is 30.9 Å². The summed E-state index contributed by atoms with van der Waals surface area (Å²) in [6.45, 7) is 3.61. The van der Waals surface area contributed by atoms with E-state index in [1.807, 2.05) is 22.9 Å². The lowest BCUT2D eigenvalue weighted by Gasteiger charge is -2.41. The van der Waals surface area contributed by atoms with Crippen molar-refractivity contribution in [1.29, 1.82) is 5.26 Å². The molecule has 4 rings (SSSR count). The van der Waals surface area contributed by atoms with E-state index in [2.05, 4.69) is 28.2 Å². The van der Waals surface area contributed by atoms with E-state index >= 15 is 0 Å². The monoisotopic (exact) mass is 379 g/mol. The molecule has 7 nitrogen and oxygen atoms in total. The number of carbonyl (C=O) groups is 1. The summed E-state index contributed by atoms with van der Waals surface area (Å²) in [5, 5.41) is 24.4. The van der Waals surface area contributed by atoms with E-state index in [0.29, 0.717) is 51.4 Å². The second-order valence-electron chi connectivity index (χ2n) is 7.73. The number of carbonyl (C=O) groups excluding carboxylic acids is 1. The molecule has 0 spiro atoms. The Morgan fingerprint density at radius 2 is 2.04 bits per heavy atom. The highest BCUT2D eigenvalue weighted by Gasteiger charge is 2.43. The Bertz CT molecular complexity index is 888. The molecule has 1 aromatic carbocycles. The summed E-state index contributed by atoms with van der Waals surface area (Å²) in [7, 11) is 0. The second kappa shape index (κ2) is 7.74. The molecule has 1 amide bonds. The Morgan fingerprint density at radius 1 is 1.21 bits per heavy atom. The van der Waals surface area contributed by atoms with Crippen LogP contribution in [0.1, 0.15) is 29.8 Å². The van der Waals surface area contributed by atoms with E-state index in [1.165, 1.54) is 5.56 Å². The first kappa shape index (κ1) is 18.7. The average Bonchev–Trinajstić information content (AvgIpc) is 3.12. The van der Waals surface area contributed by atoms with Crippen LogP contribution >= 0.6 is 0 Å². The van der Waals surface area contributed by atoms with Gasteiger partial charge in [0.2, 0.25) is 0 Å². The third-order valence-electron chi connectivity index (χ3n) is 5.69. The smallest absolute Gasteiger partial charge is 0.255 e. The predicted octanol–water partition coefficient (Wildman–Crippen LogP) is 1.17. The number of aromatic nitrogens is 2. The van der Waals surface area contributed by atoms with Crippen LogP contribution in [0.15, 0.2) is 36.4 Å². The molecular weight excluding hydrogens is 354 g/mol. The Hall–Kier alpha value is -2.69. The summed E-state index contributed by atoms with van der Waals surface area (Å²) in [5.41, 5.74) is 1.23. The van der Waals surface area contributed by atoms with Crippen LogP contribution in [0.3, 0.4) is 0 Å². The van der Waals surface area contributed by atoms with Crippen molar-refractivity contribution >= 4 is 5.91 Å². The van der Waals surface area contributed by atoms with E-state index in [0.717, 1.165) is 18.5 Å². The molecule has 0 unspecified atom stereocenters. The van der Waals surface area contributed by atoms with E-state index in [4.69, 9.17) is 5.26 Å². The van der Waals surface area contributed by atoms with Crippen molar-refractivity contribution < 1.29 is 9.90 Å². The minimum Gasteiger partial charge on any atom is -0.379 e. The molecule has 7 heteroatoms. The Morgan fingerprint density at radius 3 is 2.82 bits per heavy atom. The Balaban J connectivity index is 1.39. The first-order chi connectivity index (χ1) is 13.6. The minimum absolute atomic E-state index is 0.161. The zero-order chi connectivity index (χ0) is 19.6. The quantitative estimate of drug-likeness (QED) is 0.843. The lowest BCUT2D eigenvalue weighted by molar-refractivity contribution is -0.160. The maximum absolute atomic E-state index is 13.0. The summed E-state index contributed by atoms with van der Waals surface area (Å²) < 4.78 is 1.84. The summed E-state index contributed by atoms with van der Waals surface area (Å²) >= 11 is 0. The number of amides is 1. The van der Waals surface area contributed by atoms with Gasteiger partial charge in [0.15, 0.2) is 11.3 Å². The number of aliphatic hydroxyl groups is 1. The van der Waals surface area contributed by atoms with Crippen molar-refractivity contribution in [1.82, 2.24) is 19.6 Å². The van der Waals surface area contributed by atoms with E-state index in [9.17, 15) is 9.90 Å². The molecular formula is C21H25N5O2. The third-order valence-corrected chi connectivity index (χ3v) is 5.69. The zero-order valence-electron chi connectivity index (χ0n) is 15.9. The van der Waals surface area contributed by atoms with Crippen LogP contribution in [-0.4, -0.2) is 62.4 Å². The highest BCUT2D eigenvalue weighted by molar-refractivity contribution is 5.86. The number of hydrogen-bond acceptors (Lipinski definition) is 5. The zero-order valence-corrected chi connectivity index (χ0v) is 15.9. The molecule has 2 aliphatic heterocycles. The lowest BCUT2D eigenvalue weighted by atomic mass is 9.90. The first-order valence-electron chi connectivity index (χ1n) is 9.82.